The number of rotatable bonds is 5. The highest BCUT2D eigenvalue weighted by Gasteiger charge is 2.58. The molecule has 0 radical (unpaired) electrons. The minimum Gasteiger partial charge on any atom is -0.463 e. The molecule has 1 atom stereocenters. The predicted molar refractivity (Wildman–Crippen MR) is 127 cm³/mol. The second kappa shape index (κ2) is 7.98. The van der Waals surface area contributed by atoms with Crippen LogP contribution in [0.3, 0.4) is 0 Å². The Morgan fingerprint density at radius 2 is 2.00 bits per heavy atom. The van der Waals surface area contributed by atoms with Crippen molar-refractivity contribution in [2.24, 2.45) is 0 Å². The molecule has 2 aliphatic rings. The molecule has 1 spiro atoms. The van der Waals surface area contributed by atoms with E-state index < -0.39 is 22.0 Å². The minimum absolute atomic E-state index is 0.0103. The molecule has 0 bridgehead atoms. The van der Waals surface area contributed by atoms with Gasteiger partial charge in [0.05, 0.1) is 22.4 Å². The van der Waals surface area contributed by atoms with E-state index in [-0.39, 0.29) is 12.3 Å². The largest absolute Gasteiger partial charge is 0.463 e. The molecule has 0 fully saturated rings. The van der Waals surface area contributed by atoms with E-state index in [1.165, 1.54) is 18.3 Å². The number of esters is 1. The Kier molecular flexibility index (Phi) is 5.08. The number of hydrogen-bond donors (Lipinski definition) is 0. The van der Waals surface area contributed by atoms with Crippen molar-refractivity contribution in [3.63, 3.8) is 0 Å². The quantitative estimate of drug-likeness (QED) is 0.310. The fourth-order valence-electron chi connectivity index (χ4n) is 4.79. The molecule has 8 nitrogen and oxygen atoms in total. The summed E-state index contributed by atoms with van der Waals surface area (Å²) in [6, 6.07) is 16.0. The van der Waals surface area contributed by atoms with Gasteiger partial charge in [-0.15, -0.1) is 0 Å². The molecule has 8 heteroatoms. The van der Waals surface area contributed by atoms with Gasteiger partial charge < -0.3 is 14.4 Å². The fraction of sp³-hybridized carbons (Fsp3) is 0.231. The average molecular weight is 457 g/mol. The summed E-state index contributed by atoms with van der Waals surface area (Å²) >= 11 is 0. The predicted octanol–water partition coefficient (Wildman–Crippen LogP) is 4.75. The number of carbonyl (C=O) groups is 1. The van der Waals surface area contributed by atoms with Gasteiger partial charge in [0.1, 0.15) is 12.4 Å². The zero-order valence-corrected chi connectivity index (χ0v) is 18.8. The first kappa shape index (κ1) is 21.6. The second-order valence-corrected chi connectivity index (χ2v) is 8.78. The summed E-state index contributed by atoms with van der Waals surface area (Å²) in [5.74, 6) is 0.123. The summed E-state index contributed by atoms with van der Waals surface area (Å²) in [4.78, 5) is 29.3. The summed E-state index contributed by atoms with van der Waals surface area (Å²) in [6.07, 6.45) is 6.89. The molecule has 0 amide bonds. The smallest absolute Gasteiger partial charge is 0.339 e. The van der Waals surface area contributed by atoms with E-state index in [1.807, 2.05) is 30.4 Å². The van der Waals surface area contributed by atoms with Crippen molar-refractivity contribution in [2.45, 2.75) is 25.0 Å². The van der Waals surface area contributed by atoms with Crippen LogP contribution >= 0.6 is 0 Å². The number of nitro benzene ring substituents is 1. The van der Waals surface area contributed by atoms with Gasteiger partial charge in [0.15, 0.2) is 0 Å². The Bertz CT molecular complexity index is 1300. The topological polar surface area (TPSA) is 94.8 Å². The SMILES string of the molecule is CC1(C)c2ccccc2N(CCOC(=O)c2cccnc2)C12C=Cc1cc([N+](=O)[O-])ccc1O2. The number of nitro groups is 1. The van der Waals surface area contributed by atoms with Crippen LogP contribution in [-0.2, 0) is 10.2 Å². The third kappa shape index (κ3) is 3.30. The van der Waals surface area contributed by atoms with Gasteiger partial charge in [-0.25, -0.2) is 4.79 Å². The Morgan fingerprint density at radius 1 is 1.18 bits per heavy atom. The van der Waals surface area contributed by atoms with E-state index in [9.17, 15) is 14.9 Å². The molecular weight excluding hydrogens is 434 g/mol. The number of benzene rings is 2. The van der Waals surface area contributed by atoms with E-state index in [4.69, 9.17) is 9.47 Å². The first-order valence-electron chi connectivity index (χ1n) is 10.9. The number of aromatic nitrogens is 1. The van der Waals surface area contributed by atoms with Crippen molar-refractivity contribution in [2.75, 3.05) is 18.1 Å². The molecule has 1 aromatic heterocycles. The van der Waals surface area contributed by atoms with Crippen molar-refractivity contribution >= 4 is 23.4 Å². The molecule has 0 saturated carbocycles. The van der Waals surface area contributed by atoms with E-state index in [0.29, 0.717) is 23.4 Å². The number of ether oxygens (including phenoxy) is 2. The highest BCUT2D eigenvalue weighted by Crippen LogP contribution is 2.54. The van der Waals surface area contributed by atoms with Gasteiger partial charge in [-0.1, -0.05) is 18.2 Å². The minimum atomic E-state index is -0.902. The lowest BCUT2D eigenvalue weighted by Crippen LogP contribution is -2.60. The number of carbonyl (C=O) groups excluding carboxylic acids is 1. The van der Waals surface area contributed by atoms with Crippen LogP contribution in [0.2, 0.25) is 0 Å². The van der Waals surface area contributed by atoms with Gasteiger partial charge in [0, 0.05) is 35.8 Å². The highest BCUT2D eigenvalue weighted by molar-refractivity contribution is 5.89. The maximum Gasteiger partial charge on any atom is 0.339 e. The molecule has 0 aliphatic carbocycles. The zero-order chi connectivity index (χ0) is 23.9. The molecule has 3 aromatic rings. The summed E-state index contributed by atoms with van der Waals surface area (Å²) in [6.45, 7) is 4.74. The summed E-state index contributed by atoms with van der Waals surface area (Å²) in [5.41, 5.74) is 1.77. The summed E-state index contributed by atoms with van der Waals surface area (Å²) in [5, 5.41) is 11.2. The summed E-state index contributed by atoms with van der Waals surface area (Å²) in [7, 11) is 0. The number of nitrogens with zero attached hydrogens (tertiary/aromatic N) is 3. The number of pyridine rings is 1. The van der Waals surface area contributed by atoms with Crippen LogP contribution in [0, 0.1) is 10.1 Å². The molecule has 2 aromatic carbocycles. The van der Waals surface area contributed by atoms with E-state index in [0.717, 1.165) is 11.3 Å². The molecule has 0 saturated heterocycles. The van der Waals surface area contributed by atoms with E-state index in [2.05, 4.69) is 29.8 Å². The molecule has 34 heavy (non-hydrogen) atoms. The fourth-order valence-corrected chi connectivity index (χ4v) is 4.79. The first-order chi connectivity index (χ1) is 16.3. The Labute approximate surface area is 196 Å². The number of anilines is 1. The molecule has 1 unspecified atom stereocenters. The highest BCUT2D eigenvalue weighted by atomic mass is 16.6. The van der Waals surface area contributed by atoms with Gasteiger partial charge in [0.2, 0.25) is 5.72 Å². The van der Waals surface area contributed by atoms with Crippen molar-refractivity contribution in [3.05, 3.63) is 99.9 Å². The lowest BCUT2D eigenvalue weighted by Gasteiger charge is -2.47. The van der Waals surface area contributed by atoms with Gasteiger partial charge in [-0.2, -0.15) is 0 Å². The standard InChI is InChI=1S/C26H23N3O5/c1-25(2)21-7-3-4-8-22(21)28(14-15-33-24(30)19-6-5-13-27-17-19)26(25)12-11-18-16-20(29(31)32)9-10-23(18)34-26/h3-13,16-17H,14-15H2,1-2H3. The van der Waals surface area contributed by atoms with Crippen LogP contribution in [0.5, 0.6) is 5.75 Å². The maximum absolute atomic E-state index is 12.4. The van der Waals surface area contributed by atoms with Crippen molar-refractivity contribution in [1.29, 1.82) is 0 Å². The van der Waals surface area contributed by atoms with E-state index in [1.54, 1.807) is 24.4 Å². The molecular formula is C26H23N3O5. The zero-order valence-electron chi connectivity index (χ0n) is 18.8. The molecule has 3 heterocycles. The van der Waals surface area contributed by atoms with Crippen LogP contribution < -0.4 is 9.64 Å². The van der Waals surface area contributed by atoms with Gasteiger partial charge >= 0.3 is 5.97 Å². The van der Waals surface area contributed by atoms with Crippen LogP contribution in [0.4, 0.5) is 11.4 Å². The average Bonchev–Trinajstić information content (AvgIpc) is 3.02. The number of hydrogen-bond acceptors (Lipinski definition) is 7. The Morgan fingerprint density at radius 3 is 2.76 bits per heavy atom. The second-order valence-electron chi connectivity index (χ2n) is 8.78. The van der Waals surface area contributed by atoms with Gasteiger partial charge in [-0.05, 0) is 55.8 Å². The van der Waals surface area contributed by atoms with Gasteiger partial charge in [0.25, 0.3) is 5.69 Å². The summed E-state index contributed by atoms with van der Waals surface area (Å²) < 4.78 is 12.2. The molecule has 5 rings (SSSR count). The van der Waals surface area contributed by atoms with Crippen LogP contribution in [0.15, 0.2) is 73.1 Å². The van der Waals surface area contributed by atoms with Crippen LogP contribution in [0.1, 0.15) is 35.3 Å². The normalized spacial score (nSPS) is 19.3. The lowest BCUT2D eigenvalue weighted by atomic mass is 9.76. The van der Waals surface area contributed by atoms with Crippen molar-refractivity contribution in [3.8, 4) is 5.75 Å². The van der Waals surface area contributed by atoms with Crippen LogP contribution in [0.25, 0.3) is 6.08 Å². The molecule has 0 N–H and O–H groups in total. The number of fused-ring (bicyclic) bond motifs is 2. The lowest BCUT2D eigenvalue weighted by molar-refractivity contribution is -0.384. The van der Waals surface area contributed by atoms with Crippen molar-refractivity contribution in [1.82, 2.24) is 4.98 Å². The Hall–Kier alpha value is -4.20. The number of para-hydroxylation sites is 1. The molecule has 2 aliphatic heterocycles. The third-order valence-corrected chi connectivity index (χ3v) is 6.57. The monoisotopic (exact) mass is 457 g/mol. The maximum atomic E-state index is 12.4. The van der Waals surface area contributed by atoms with Crippen molar-refractivity contribution < 1.29 is 19.2 Å². The molecule has 172 valence electrons. The first-order valence-corrected chi connectivity index (χ1v) is 10.9. The number of non-ortho nitro benzene ring substituents is 1. The Balaban J connectivity index is 1.47. The van der Waals surface area contributed by atoms with E-state index >= 15 is 0 Å². The van der Waals surface area contributed by atoms with Gasteiger partial charge in [-0.3, -0.25) is 15.1 Å². The third-order valence-electron chi connectivity index (χ3n) is 6.57. The van der Waals surface area contributed by atoms with Crippen LogP contribution in [-0.4, -0.2) is 34.8 Å².